The van der Waals surface area contributed by atoms with Gasteiger partial charge in [0, 0.05) is 9.03 Å². The third-order valence-electron chi connectivity index (χ3n) is 0.388. The van der Waals surface area contributed by atoms with Crippen molar-refractivity contribution in [1.29, 1.82) is 0 Å². The fourth-order valence-corrected chi connectivity index (χ4v) is 3.39. The normalized spacial score (nSPS) is 26.1. The van der Waals surface area contributed by atoms with Gasteiger partial charge < -0.3 is 0 Å². The summed E-state index contributed by atoms with van der Waals surface area (Å²) in [5.74, 6) is 0. The molecule has 0 saturated heterocycles. The molecule has 0 radical (unpaired) electrons. The second kappa shape index (κ2) is 4.50. The summed E-state index contributed by atoms with van der Waals surface area (Å²) >= 11 is 5.59. The Balaban J connectivity index is 2.77. The Labute approximate surface area is 62.6 Å². The molecule has 0 aliphatic carbocycles. The van der Waals surface area contributed by atoms with Crippen molar-refractivity contribution in [3.05, 3.63) is 0 Å². The van der Waals surface area contributed by atoms with E-state index in [-0.39, 0.29) is 0 Å². The minimum absolute atomic E-state index is 0.646. The van der Waals surface area contributed by atoms with E-state index in [1.807, 2.05) is 0 Å². The van der Waals surface area contributed by atoms with Crippen LogP contribution in [0.4, 0.5) is 0 Å². The van der Waals surface area contributed by atoms with Crippen LogP contribution < -0.4 is 0 Å². The summed E-state index contributed by atoms with van der Waals surface area (Å²) in [7, 11) is 0.958. The van der Waals surface area contributed by atoms with Crippen molar-refractivity contribution < 1.29 is 0 Å². The first-order valence-corrected chi connectivity index (χ1v) is 6.32. The summed E-state index contributed by atoms with van der Waals surface area (Å²) in [5.41, 5.74) is 0. The lowest BCUT2D eigenvalue weighted by atomic mass is 13.8. The van der Waals surface area contributed by atoms with E-state index in [2.05, 4.69) is 18.1 Å². The fourth-order valence-electron chi connectivity index (χ4n) is 0.173. The van der Waals surface area contributed by atoms with Gasteiger partial charge in [0.25, 0.3) is 0 Å². The molecule has 0 amide bonds. The molecule has 0 bridgehead atoms. The van der Waals surface area contributed by atoms with Gasteiger partial charge in [0.2, 0.25) is 28.3 Å². The molecule has 0 saturated carbocycles. The van der Waals surface area contributed by atoms with E-state index in [1.54, 1.807) is 0 Å². The highest BCUT2D eigenvalue weighted by atomic mass is 35.7. The molecule has 46 valence electrons. The lowest BCUT2D eigenvalue weighted by molar-refractivity contribution is 1.85. The number of hydrogen-bond acceptors (Lipinski definition) is 4. The first-order chi connectivity index (χ1) is 4.39. The van der Waals surface area contributed by atoms with Crippen LogP contribution in [0.2, 0.25) is 0 Å². The van der Waals surface area contributed by atoms with E-state index in [1.165, 1.54) is 0 Å². The standard InChI is InChI=1S/ClN4P4/c1-9-4-7-2-6-3-8-5-9/q+1. The van der Waals surface area contributed by atoms with Crippen LogP contribution in [-0.2, 0) is 0 Å². The maximum atomic E-state index is 5.59. The van der Waals surface area contributed by atoms with Gasteiger partial charge in [0.05, 0.1) is 0 Å². The number of nitrogens with zero attached hydrogens (tertiary/aromatic N) is 4. The van der Waals surface area contributed by atoms with Crippen LogP contribution >= 0.6 is 44.0 Å². The summed E-state index contributed by atoms with van der Waals surface area (Å²) in [6.45, 7) is 0. The van der Waals surface area contributed by atoms with Crippen molar-refractivity contribution in [2.75, 3.05) is 0 Å². The molecule has 1 atom stereocenters. The van der Waals surface area contributed by atoms with Crippen molar-refractivity contribution in [2.24, 2.45) is 18.1 Å². The second-order valence-corrected chi connectivity index (χ2v) is 5.65. The minimum Gasteiger partial charge on any atom is -0.162 e. The molecule has 1 rings (SSSR count). The second-order valence-electron chi connectivity index (χ2n) is 0.867. The van der Waals surface area contributed by atoms with Crippen LogP contribution in [-0.4, -0.2) is 0 Å². The average molecular weight is 215 g/mol. The Kier molecular flexibility index (Phi) is 3.89. The van der Waals surface area contributed by atoms with Gasteiger partial charge >= 0.3 is 7.22 Å². The third kappa shape index (κ3) is 3.40. The van der Waals surface area contributed by atoms with Crippen LogP contribution in [0.1, 0.15) is 0 Å². The van der Waals surface area contributed by atoms with Gasteiger partial charge in [-0.05, 0) is 0 Å². The predicted octanol–water partition coefficient (Wildman–Crippen LogP) is 4.87. The van der Waals surface area contributed by atoms with Crippen LogP contribution in [0.3, 0.4) is 0 Å². The van der Waals surface area contributed by atoms with Gasteiger partial charge in [-0.15, -0.1) is 0 Å². The van der Waals surface area contributed by atoms with Gasteiger partial charge in [-0.1, -0.05) is 0 Å². The number of hydrogen-bond donors (Lipinski definition) is 0. The Hall–Kier alpha value is 0.690. The Bertz CT molecular complexity index is 203. The molecule has 0 spiro atoms. The highest BCUT2D eigenvalue weighted by Crippen LogP contribution is 2.42. The minimum atomic E-state index is -1.03. The van der Waals surface area contributed by atoms with Gasteiger partial charge in [-0.25, -0.2) is 0 Å². The molecule has 1 unspecified atom stereocenters. The highest BCUT2D eigenvalue weighted by molar-refractivity contribution is 7.79. The van der Waals surface area contributed by atoms with E-state index >= 15 is 0 Å². The molecule has 0 N–H and O–H groups in total. The summed E-state index contributed by atoms with van der Waals surface area (Å²) < 4.78 is 15.5. The first-order valence-electron chi connectivity index (χ1n) is 1.77. The molecule has 1 aliphatic heterocycles. The van der Waals surface area contributed by atoms with E-state index in [0.717, 1.165) is 0 Å². The summed E-state index contributed by atoms with van der Waals surface area (Å²) in [5, 5.41) is 0. The van der Waals surface area contributed by atoms with Crippen molar-refractivity contribution >= 4 is 44.0 Å². The van der Waals surface area contributed by atoms with Gasteiger partial charge in [0.15, 0.2) is 8.52 Å². The lowest BCUT2D eigenvalue weighted by Gasteiger charge is -1.68. The number of halogens is 1. The maximum Gasteiger partial charge on any atom is 0.487 e. The van der Waals surface area contributed by atoms with Crippen molar-refractivity contribution in [1.82, 2.24) is 0 Å². The fraction of sp³-hybridized carbons (Fsp3) is 0. The van der Waals surface area contributed by atoms with Crippen molar-refractivity contribution in [3.8, 4) is 0 Å². The molecule has 9 heteroatoms. The average Bonchev–Trinajstić information content (AvgIpc) is 1.79. The largest absolute Gasteiger partial charge is 0.487 e. The lowest BCUT2D eigenvalue weighted by Crippen LogP contribution is -1.29. The zero-order valence-corrected chi connectivity index (χ0v) is 8.29. The molecular formula is ClN4P4+. The molecular weight excluding hydrogens is 215 g/mol. The molecule has 0 aromatic carbocycles. The quantitative estimate of drug-likeness (QED) is 0.518. The molecule has 9 heavy (non-hydrogen) atoms. The Morgan fingerprint density at radius 1 is 1.11 bits per heavy atom. The van der Waals surface area contributed by atoms with Crippen LogP contribution in [0.15, 0.2) is 18.1 Å². The van der Waals surface area contributed by atoms with E-state index in [0.29, 0.717) is 25.6 Å². The third-order valence-corrected chi connectivity index (χ3v) is 4.71. The van der Waals surface area contributed by atoms with Crippen LogP contribution in [0.5, 0.6) is 0 Å². The van der Waals surface area contributed by atoms with Crippen LogP contribution in [0.25, 0.3) is 0 Å². The highest BCUT2D eigenvalue weighted by Gasteiger charge is 2.04. The van der Waals surface area contributed by atoms with Gasteiger partial charge in [0.1, 0.15) is 0 Å². The van der Waals surface area contributed by atoms with Crippen molar-refractivity contribution in [3.63, 3.8) is 0 Å². The first kappa shape index (κ1) is 7.79. The van der Waals surface area contributed by atoms with E-state index in [9.17, 15) is 0 Å². The van der Waals surface area contributed by atoms with Crippen LogP contribution in [0, 0.1) is 0 Å². The van der Waals surface area contributed by atoms with E-state index in [4.69, 9.17) is 11.2 Å². The van der Waals surface area contributed by atoms with Gasteiger partial charge in [-0.2, -0.15) is 9.03 Å². The van der Waals surface area contributed by atoms with Gasteiger partial charge in [-0.3, -0.25) is 0 Å². The molecule has 0 fully saturated rings. The smallest absolute Gasteiger partial charge is 0.162 e. The monoisotopic (exact) mass is 215 g/mol. The molecule has 4 nitrogen and oxygen atoms in total. The maximum absolute atomic E-state index is 5.59. The summed E-state index contributed by atoms with van der Waals surface area (Å²) in [4.78, 5) is 0. The SMILES string of the molecule is Cl[P+]1=NP=NP=NP=N1. The Morgan fingerprint density at radius 3 is 2.78 bits per heavy atom. The molecule has 1 aliphatic rings. The zero-order valence-electron chi connectivity index (χ0n) is 3.96. The molecule has 0 aromatic heterocycles. The summed E-state index contributed by atoms with van der Waals surface area (Å²) in [6.07, 6.45) is 0. The Morgan fingerprint density at radius 2 is 1.89 bits per heavy atom. The zero-order chi connectivity index (χ0) is 6.53. The molecule has 1 heterocycles. The molecule has 0 aromatic rings. The van der Waals surface area contributed by atoms with Crippen molar-refractivity contribution in [2.45, 2.75) is 0 Å². The topological polar surface area (TPSA) is 49.4 Å². The summed E-state index contributed by atoms with van der Waals surface area (Å²) in [6, 6.07) is 0. The predicted molar refractivity (Wildman–Crippen MR) is 43.2 cm³/mol. The number of rotatable bonds is 0. The van der Waals surface area contributed by atoms with E-state index < -0.39 is 7.22 Å².